The molecular weight excluding hydrogens is 671 g/mol. The molecule has 41 heavy (non-hydrogen) atoms. The van der Waals surface area contributed by atoms with Crippen LogP contribution in [0.3, 0.4) is 0 Å². The van der Waals surface area contributed by atoms with Crippen LogP contribution < -0.4 is 19.6 Å². The third kappa shape index (κ3) is 6.17. The summed E-state index contributed by atoms with van der Waals surface area (Å²) in [6.45, 7) is 3.87. The maximum Gasteiger partial charge on any atom is 0.338 e. The number of nitrogens with zero attached hydrogens (tertiary/aromatic N) is 2. The van der Waals surface area contributed by atoms with Crippen LogP contribution in [-0.4, -0.2) is 17.1 Å². The number of hydrogen-bond donors (Lipinski definition) is 0. The maximum atomic E-state index is 14.0. The number of carbonyl (C=O) groups excluding carboxylic acids is 1. The van der Waals surface area contributed by atoms with Crippen LogP contribution in [0.2, 0.25) is 15.1 Å². The lowest BCUT2D eigenvalue weighted by molar-refractivity contribution is -0.139. The van der Waals surface area contributed by atoms with Gasteiger partial charge in [-0.15, -0.1) is 0 Å². The van der Waals surface area contributed by atoms with Crippen molar-refractivity contribution < 1.29 is 14.3 Å². The molecule has 1 atom stereocenters. The second-order valence-electron chi connectivity index (χ2n) is 9.04. The molecule has 1 aliphatic rings. The van der Waals surface area contributed by atoms with E-state index in [1.54, 1.807) is 56.3 Å². The van der Waals surface area contributed by atoms with E-state index in [0.717, 1.165) is 10.0 Å². The van der Waals surface area contributed by atoms with E-state index < -0.39 is 12.0 Å². The van der Waals surface area contributed by atoms with E-state index in [2.05, 4.69) is 20.9 Å². The van der Waals surface area contributed by atoms with E-state index in [4.69, 9.17) is 44.3 Å². The number of fused-ring (bicyclic) bond motifs is 1. The average molecular weight is 693 g/mol. The number of carbonyl (C=O) groups is 1. The van der Waals surface area contributed by atoms with Crippen LogP contribution in [0.1, 0.15) is 36.6 Å². The summed E-state index contributed by atoms with van der Waals surface area (Å²) in [6.07, 6.45) is 1.67. The average Bonchev–Trinajstić information content (AvgIpc) is 3.23. The van der Waals surface area contributed by atoms with Gasteiger partial charge in [-0.25, -0.2) is 9.79 Å². The Morgan fingerprint density at radius 2 is 1.83 bits per heavy atom. The van der Waals surface area contributed by atoms with Crippen molar-refractivity contribution in [3.05, 3.63) is 128 Å². The van der Waals surface area contributed by atoms with Crippen molar-refractivity contribution in [2.45, 2.75) is 26.5 Å². The van der Waals surface area contributed by atoms with Crippen molar-refractivity contribution >= 4 is 74.1 Å². The van der Waals surface area contributed by atoms with E-state index in [9.17, 15) is 9.59 Å². The number of thiazole rings is 1. The summed E-state index contributed by atoms with van der Waals surface area (Å²) in [5.41, 5.74) is 2.40. The highest BCUT2D eigenvalue weighted by molar-refractivity contribution is 9.10. The fourth-order valence-corrected chi connectivity index (χ4v) is 6.60. The molecule has 2 heterocycles. The van der Waals surface area contributed by atoms with Crippen molar-refractivity contribution in [1.29, 1.82) is 0 Å². The minimum Gasteiger partial charge on any atom is -0.487 e. The second kappa shape index (κ2) is 12.5. The monoisotopic (exact) mass is 690 g/mol. The first-order valence-electron chi connectivity index (χ1n) is 12.5. The molecule has 0 bridgehead atoms. The predicted octanol–water partition coefficient (Wildman–Crippen LogP) is 7.10. The van der Waals surface area contributed by atoms with Crippen LogP contribution in [0.25, 0.3) is 6.08 Å². The summed E-state index contributed by atoms with van der Waals surface area (Å²) < 4.78 is 14.2. The number of allylic oxidation sites excluding steroid dienone is 1. The van der Waals surface area contributed by atoms with Gasteiger partial charge in [-0.3, -0.25) is 9.36 Å². The number of benzene rings is 3. The molecule has 11 heteroatoms. The molecule has 0 amide bonds. The number of halogens is 4. The summed E-state index contributed by atoms with van der Waals surface area (Å²) in [7, 11) is 0. The van der Waals surface area contributed by atoms with Gasteiger partial charge in [0.1, 0.15) is 18.4 Å². The molecule has 4 aromatic rings. The molecule has 0 N–H and O–H groups in total. The lowest BCUT2D eigenvalue weighted by atomic mass is 9.96. The minimum absolute atomic E-state index is 0.174. The van der Waals surface area contributed by atoms with Crippen molar-refractivity contribution in [2.75, 3.05) is 6.61 Å². The number of aromatic nitrogens is 1. The molecule has 5 rings (SSSR count). The Hall–Kier alpha value is -2.88. The number of hydrogen-bond acceptors (Lipinski definition) is 6. The molecule has 1 aliphatic heterocycles. The first-order valence-corrected chi connectivity index (χ1v) is 15.2. The summed E-state index contributed by atoms with van der Waals surface area (Å²) >= 11 is 24.1. The third-order valence-corrected chi connectivity index (χ3v) is 8.69. The molecule has 0 spiro atoms. The van der Waals surface area contributed by atoms with E-state index in [1.165, 1.54) is 15.9 Å². The first-order chi connectivity index (χ1) is 19.7. The third-order valence-electron chi connectivity index (χ3n) is 6.34. The fourth-order valence-electron chi connectivity index (χ4n) is 4.50. The van der Waals surface area contributed by atoms with Crippen LogP contribution in [0.15, 0.2) is 86.2 Å². The molecule has 210 valence electrons. The largest absolute Gasteiger partial charge is 0.487 e. The molecular formula is C30H22BrCl3N2O4S. The molecule has 0 unspecified atom stereocenters. The van der Waals surface area contributed by atoms with E-state index >= 15 is 0 Å². The van der Waals surface area contributed by atoms with Crippen LogP contribution >= 0.6 is 62.1 Å². The van der Waals surface area contributed by atoms with Crippen molar-refractivity contribution in [3.8, 4) is 5.75 Å². The van der Waals surface area contributed by atoms with E-state index in [-0.39, 0.29) is 24.3 Å². The zero-order valence-electron chi connectivity index (χ0n) is 21.8. The molecule has 0 fully saturated rings. The highest BCUT2D eigenvalue weighted by Crippen LogP contribution is 2.35. The summed E-state index contributed by atoms with van der Waals surface area (Å²) in [4.78, 5) is 32.1. The topological polar surface area (TPSA) is 69.9 Å². The Morgan fingerprint density at radius 1 is 1.10 bits per heavy atom. The Kier molecular flexibility index (Phi) is 9.06. The van der Waals surface area contributed by atoms with Crippen LogP contribution in [0, 0.1) is 0 Å². The molecule has 3 aromatic carbocycles. The number of ether oxygens (including phenoxy) is 2. The molecule has 0 aliphatic carbocycles. The van der Waals surface area contributed by atoms with Gasteiger partial charge in [-0.05, 0) is 61.4 Å². The SMILES string of the molecule is CCOC(=O)C1=C(C)N=c2s/c(=C\c3cc(Cl)cc(Cl)c3OCc3ccc(Br)cc3)c(=O)n2[C@H]1c1ccccc1Cl. The molecule has 1 aromatic heterocycles. The summed E-state index contributed by atoms with van der Waals surface area (Å²) in [5.74, 6) is -0.172. The van der Waals surface area contributed by atoms with Crippen molar-refractivity contribution in [1.82, 2.24) is 4.57 Å². The minimum atomic E-state index is -0.822. The summed E-state index contributed by atoms with van der Waals surface area (Å²) in [5, 5.41) is 1.11. The van der Waals surface area contributed by atoms with Gasteiger partial charge in [-0.2, -0.15) is 0 Å². The zero-order valence-corrected chi connectivity index (χ0v) is 26.5. The molecule has 0 saturated heterocycles. The van der Waals surface area contributed by atoms with Crippen LogP contribution in [-0.2, 0) is 16.1 Å². The zero-order chi connectivity index (χ0) is 29.3. The molecule has 0 saturated carbocycles. The van der Waals surface area contributed by atoms with Crippen LogP contribution in [0.5, 0.6) is 5.75 Å². The predicted molar refractivity (Wildman–Crippen MR) is 167 cm³/mol. The highest BCUT2D eigenvalue weighted by Gasteiger charge is 2.34. The van der Waals surface area contributed by atoms with Crippen molar-refractivity contribution in [3.63, 3.8) is 0 Å². The van der Waals surface area contributed by atoms with E-state index in [1.807, 2.05) is 24.3 Å². The van der Waals surface area contributed by atoms with Gasteiger partial charge >= 0.3 is 5.97 Å². The molecule has 6 nitrogen and oxygen atoms in total. The lowest BCUT2D eigenvalue weighted by Gasteiger charge is -2.25. The van der Waals surface area contributed by atoms with Gasteiger partial charge in [0, 0.05) is 20.1 Å². The highest BCUT2D eigenvalue weighted by atomic mass is 79.9. The van der Waals surface area contributed by atoms with Gasteiger partial charge in [0.25, 0.3) is 5.56 Å². The Labute approximate surface area is 263 Å². The van der Waals surface area contributed by atoms with Crippen molar-refractivity contribution in [2.24, 2.45) is 4.99 Å². The summed E-state index contributed by atoms with van der Waals surface area (Å²) in [6, 6.07) is 17.3. The Morgan fingerprint density at radius 3 is 2.54 bits per heavy atom. The number of rotatable bonds is 7. The van der Waals surface area contributed by atoms with E-state index in [0.29, 0.717) is 47.0 Å². The van der Waals surface area contributed by atoms with Gasteiger partial charge in [0.05, 0.1) is 27.4 Å². The van der Waals surface area contributed by atoms with Gasteiger partial charge in [-0.1, -0.05) is 92.4 Å². The van der Waals surface area contributed by atoms with Gasteiger partial charge < -0.3 is 9.47 Å². The maximum absolute atomic E-state index is 14.0. The fraction of sp³-hybridized carbons (Fsp3) is 0.167. The number of esters is 1. The smallest absolute Gasteiger partial charge is 0.338 e. The van der Waals surface area contributed by atoms with Crippen LogP contribution in [0.4, 0.5) is 0 Å². The standard InChI is InChI=1S/C30H22BrCl3N2O4S/c1-3-39-29(38)25-16(2)35-30-36(26(25)21-6-4-5-7-22(21)33)28(37)24(41-30)13-18-12-20(32)14-23(34)27(18)40-15-17-8-10-19(31)11-9-17/h4-14,26H,3,15H2,1-2H3/b24-13-/t26-/m0/s1. The van der Waals surface area contributed by atoms with Gasteiger partial charge in [0.15, 0.2) is 4.80 Å². The van der Waals surface area contributed by atoms with Gasteiger partial charge in [0.2, 0.25) is 0 Å². The first kappa shape index (κ1) is 29.6. The molecule has 0 radical (unpaired) electrons. The normalized spacial score (nSPS) is 15.0. The lowest BCUT2D eigenvalue weighted by Crippen LogP contribution is -2.40. The Balaban J connectivity index is 1.65. The quantitative estimate of drug-likeness (QED) is 0.194. The Bertz CT molecular complexity index is 1870. The second-order valence-corrected chi connectivity index (χ2v) is 12.2.